The summed E-state index contributed by atoms with van der Waals surface area (Å²) in [6.45, 7) is 32.7. The summed E-state index contributed by atoms with van der Waals surface area (Å²) in [7, 11) is 0. The zero-order chi connectivity index (χ0) is 25.6. The Hall–Kier alpha value is -1.56. The van der Waals surface area contributed by atoms with Gasteiger partial charge in [-0.15, -0.1) is 0 Å². The van der Waals surface area contributed by atoms with E-state index >= 15 is 0 Å². The Labute approximate surface area is 206 Å². The van der Waals surface area contributed by atoms with Crippen LogP contribution in [-0.4, -0.2) is 0 Å². The molecule has 2 rings (SSSR count). The zero-order valence-electron chi connectivity index (χ0n) is 24.4. The molecule has 0 saturated heterocycles. The lowest BCUT2D eigenvalue weighted by molar-refractivity contribution is 0.559. The first kappa shape index (κ1) is 27.7. The van der Waals surface area contributed by atoms with Crippen LogP contribution in [0.2, 0.25) is 0 Å². The predicted octanol–water partition coefficient (Wildman–Crippen LogP) is 9.67. The van der Waals surface area contributed by atoms with Crippen LogP contribution in [0, 0.1) is 13.8 Å². The highest BCUT2D eigenvalue weighted by Crippen LogP contribution is 2.36. The van der Waals surface area contributed by atoms with Crippen molar-refractivity contribution in [2.24, 2.45) is 0 Å². The average molecular weight is 449 g/mol. The summed E-state index contributed by atoms with van der Waals surface area (Å²) in [5.41, 5.74) is 12.6. The van der Waals surface area contributed by atoms with Gasteiger partial charge in [-0.3, -0.25) is 0 Å². The van der Waals surface area contributed by atoms with E-state index in [0.29, 0.717) is 0 Å². The largest absolute Gasteiger partial charge is 0.0561 e. The number of hydrogen-bond acceptors (Lipinski definition) is 0. The summed E-state index contributed by atoms with van der Waals surface area (Å²) in [4.78, 5) is 0. The minimum absolute atomic E-state index is 0.163. The molecule has 0 aliphatic heterocycles. The summed E-state index contributed by atoms with van der Waals surface area (Å²) in [6, 6.07) is 9.99. The molecule has 0 N–H and O–H groups in total. The molecular weight excluding hydrogens is 396 g/mol. The number of aryl methyl sites for hydroxylation is 4. The van der Waals surface area contributed by atoms with Gasteiger partial charge in [-0.2, -0.15) is 0 Å². The van der Waals surface area contributed by atoms with E-state index in [1.54, 1.807) is 11.1 Å². The Morgan fingerprint density at radius 3 is 0.939 bits per heavy atom. The van der Waals surface area contributed by atoms with Crippen LogP contribution in [-0.2, 0) is 34.5 Å². The van der Waals surface area contributed by atoms with Crippen LogP contribution in [0.4, 0.5) is 0 Å². The van der Waals surface area contributed by atoms with Crippen LogP contribution in [0.25, 0.3) is 0 Å². The van der Waals surface area contributed by atoms with Crippen molar-refractivity contribution in [1.29, 1.82) is 0 Å². The molecule has 0 radical (unpaired) electrons. The normalized spacial score (nSPS) is 13.5. The minimum atomic E-state index is 0.163. The quantitative estimate of drug-likeness (QED) is 0.436. The van der Waals surface area contributed by atoms with Gasteiger partial charge in [0.25, 0.3) is 0 Å². The molecule has 0 spiro atoms. The first-order chi connectivity index (χ1) is 14.7. The van der Waals surface area contributed by atoms with Gasteiger partial charge in [-0.25, -0.2) is 0 Å². The van der Waals surface area contributed by atoms with Crippen molar-refractivity contribution in [3.05, 3.63) is 68.8 Å². The Bertz CT molecular complexity index is 892. The first-order valence-electron chi connectivity index (χ1n) is 13.0. The fraction of sp³-hybridized carbons (Fsp3) is 0.636. The molecular formula is C33H52. The molecule has 0 bridgehead atoms. The van der Waals surface area contributed by atoms with E-state index in [9.17, 15) is 0 Å². The van der Waals surface area contributed by atoms with Crippen LogP contribution in [0.15, 0.2) is 24.3 Å². The number of hydrogen-bond donors (Lipinski definition) is 0. The molecule has 2 aromatic rings. The van der Waals surface area contributed by atoms with Gasteiger partial charge in [0.05, 0.1) is 0 Å². The molecule has 0 saturated carbocycles. The van der Waals surface area contributed by atoms with E-state index in [1.165, 1.54) is 39.8 Å². The third kappa shape index (κ3) is 6.74. The van der Waals surface area contributed by atoms with Gasteiger partial charge < -0.3 is 0 Å². The lowest BCUT2D eigenvalue weighted by atomic mass is 9.75. The van der Waals surface area contributed by atoms with Gasteiger partial charge in [0.1, 0.15) is 0 Å². The zero-order valence-corrected chi connectivity index (χ0v) is 24.4. The fourth-order valence-electron chi connectivity index (χ4n) is 5.40. The molecule has 0 unspecified atom stereocenters. The van der Waals surface area contributed by atoms with E-state index in [1.807, 2.05) is 0 Å². The molecule has 0 aromatic heterocycles. The van der Waals surface area contributed by atoms with Crippen LogP contribution in [0.1, 0.15) is 134 Å². The van der Waals surface area contributed by atoms with Crippen molar-refractivity contribution in [3.63, 3.8) is 0 Å². The second-order valence-corrected chi connectivity index (χ2v) is 14.5. The molecule has 0 heteroatoms. The highest BCUT2D eigenvalue weighted by molar-refractivity contribution is 5.46. The van der Waals surface area contributed by atoms with Crippen molar-refractivity contribution < 1.29 is 0 Å². The molecule has 2 aromatic carbocycles. The van der Waals surface area contributed by atoms with Gasteiger partial charge in [-0.1, -0.05) is 107 Å². The highest BCUT2D eigenvalue weighted by atomic mass is 14.3. The number of benzene rings is 2. The smallest absolute Gasteiger partial charge is 0.0129 e. The van der Waals surface area contributed by atoms with Crippen molar-refractivity contribution >= 4 is 0 Å². The topological polar surface area (TPSA) is 0 Å². The molecule has 0 aliphatic rings. The van der Waals surface area contributed by atoms with Crippen LogP contribution in [0.5, 0.6) is 0 Å². The minimum Gasteiger partial charge on any atom is -0.0561 e. The van der Waals surface area contributed by atoms with Gasteiger partial charge in [0.15, 0.2) is 0 Å². The Morgan fingerprint density at radius 1 is 0.424 bits per heavy atom. The molecule has 0 heterocycles. The van der Waals surface area contributed by atoms with E-state index in [-0.39, 0.29) is 21.7 Å². The van der Waals surface area contributed by atoms with Crippen LogP contribution < -0.4 is 0 Å². The van der Waals surface area contributed by atoms with Crippen molar-refractivity contribution in [2.75, 3.05) is 0 Å². The molecule has 0 fully saturated rings. The Morgan fingerprint density at radius 2 is 0.697 bits per heavy atom. The molecule has 184 valence electrons. The van der Waals surface area contributed by atoms with Gasteiger partial charge in [0, 0.05) is 0 Å². The molecule has 0 amide bonds. The summed E-state index contributed by atoms with van der Waals surface area (Å²) >= 11 is 0. The second kappa shape index (κ2) is 9.24. The van der Waals surface area contributed by atoms with Crippen LogP contribution in [0.3, 0.4) is 0 Å². The maximum absolute atomic E-state index is 2.52. The van der Waals surface area contributed by atoms with Gasteiger partial charge in [0.2, 0.25) is 0 Å². The van der Waals surface area contributed by atoms with Crippen LogP contribution >= 0.6 is 0 Å². The van der Waals surface area contributed by atoms with Crippen molar-refractivity contribution in [1.82, 2.24) is 0 Å². The van der Waals surface area contributed by atoms with E-state index in [0.717, 1.165) is 12.8 Å². The Balaban J connectivity index is 2.46. The van der Waals surface area contributed by atoms with Crippen molar-refractivity contribution in [2.45, 2.75) is 138 Å². The first-order valence-corrected chi connectivity index (χ1v) is 13.0. The maximum atomic E-state index is 2.52. The fourth-order valence-corrected chi connectivity index (χ4v) is 5.40. The molecule has 0 nitrogen and oxygen atoms in total. The van der Waals surface area contributed by atoms with E-state index in [2.05, 4.69) is 121 Å². The van der Waals surface area contributed by atoms with Gasteiger partial charge in [-0.05, 0) is 99.3 Å². The summed E-state index contributed by atoms with van der Waals surface area (Å²) in [5, 5.41) is 0. The third-order valence-electron chi connectivity index (χ3n) is 7.02. The average Bonchev–Trinajstić information content (AvgIpc) is 2.59. The van der Waals surface area contributed by atoms with Gasteiger partial charge >= 0.3 is 0 Å². The molecule has 33 heavy (non-hydrogen) atoms. The molecule has 0 atom stereocenters. The Kier molecular flexibility index (Phi) is 7.75. The van der Waals surface area contributed by atoms with E-state index < -0.39 is 0 Å². The lowest BCUT2D eigenvalue weighted by Gasteiger charge is -2.30. The summed E-state index contributed by atoms with van der Waals surface area (Å²) < 4.78 is 0. The highest BCUT2D eigenvalue weighted by Gasteiger charge is 2.25. The van der Waals surface area contributed by atoms with E-state index in [4.69, 9.17) is 0 Å². The second-order valence-electron chi connectivity index (χ2n) is 14.5. The predicted molar refractivity (Wildman–Crippen MR) is 149 cm³/mol. The monoisotopic (exact) mass is 448 g/mol. The summed E-state index contributed by atoms with van der Waals surface area (Å²) in [6.07, 6.45) is 3.46. The lowest BCUT2D eigenvalue weighted by Crippen LogP contribution is -2.20. The number of rotatable bonds is 4. The SMILES string of the molecule is Cc1cc(C(C)(C)C)c(CCCc2cc(C(C)(C)C)c(C)cc2C(C)(C)C)cc1C(C)(C)C. The maximum Gasteiger partial charge on any atom is -0.0129 e. The summed E-state index contributed by atoms with van der Waals surface area (Å²) in [5.74, 6) is 0. The van der Waals surface area contributed by atoms with Crippen molar-refractivity contribution in [3.8, 4) is 0 Å². The molecule has 0 aliphatic carbocycles. The third-order valence-corrected chi connectivity index (χ3v) is 7.02. The standard InChI is InChI=1S/C33H52/c1-22-18-28(32(9,10)11)24(20-26(22)30(3,4)5)16-15-17-25-21-27(31(6,7)8)23(2)19-29(25)33(12,13)14/h18-21H,15-17H2,1-14H3.